The molecular weight excluding hydrogens is 217 g/mol. The van der Waals surface area contributed by atoms with E-state index in [0.29, 0.717) is 0 Å². The van der Waals surface area contributed by atoms with E-state index in [1.807, 2.05) is 0 Å². The summed E-state index contributed by atoms with van der Waals surface area (Å²) in [4.78, 5) is 19.7. The van der Waals surface area contributed by atoms with Crippen molar-refractivity contribution < 1.29 is 71.3 Å². The van der Waals surface area contributed by atoms with Crippen LogP contribution in [-0.4, -0.2) is 16.0 Å². The molecule has 0 aliphatic heterocycles. The molecule has 0 fully saturated rings. The van der Waals surface area contributed by atoms with Gasteiger partial charge in [0.15, 0.2) is 0 Å². The van der Waals surface area contributed by atoms with Crippen molar-refractivity contribution in [1.82, 2.24) is 0 Å². The minimum Gasteiger partial charge on any atom is -0.868 e. The summed E-state index contributed by atoms with van der Waals surface area (Å²) in [5, 5.41) is 29.5. The van der Waals surface area contributed by atoms with Crippen molar-refractivity contribution in [2.45, 2.75) is 0 Å². The molecule has 0 aliphatic rings. The van der Waals surface area contributed by atoms with Crippen LogP contribution in [0.5, 0.6) is 5.75 Å². The molecule has 0 spiro atoms. The number of aromatic carboxylic acids is 1. The molecule has 14 heavy (non-hydrogen) atoms. The molecule has 0 aliphatic carbocycles. The van der Waals surface area contributed by atoms with Crippen LogP contribution in [0.3, 0.4) is 0 Å². The first-order valence-electron chi connectivity index (χ1n) is 3.21. The number of nitro groups is 1. The van der Waals surface area contributed by atoms with Gasteiger partial charge in [-0.25, -0.2) is 4.79 Å². The molecule has 1 aromatic rings. The molecule has 0 bridgehead atoms. The van der Waals surface area contributed by atoms with Gasteiger partial charge in [0.1, 0.15) is 0 Å². The second-order valence-corrected chi connectivity index (χ2v) is 2.24. The average Bonchev–Trinajstić information content (AvgIpc) is 2.04. The number of carbonyl (C=O) groups is 1. The summed E-state index contributed by atoms with van der Waals surface area (Å²) < 4.78 is 0. The van der Waals surface area contributed by atoms with E-state index in [0.717, 1.165) is 18.2 Å². The van der Waals surface area contributed by atoms with Crippen LogP contribution in [-0.2, 0) is 0 Å². The van der Waals surface area contributed by atoms with Gasteiger partial charge in [0.05, 0.1) is 10.5 Å². The van der Waals surface area contributed by atoms with Crippen molar-refractivity contribution in [2.75, 3.05) is 0 Å². The summed E-state index contributed by atoms with van der Waals surface area (Å²) in [6, 6.07) is 2.63. The van der Waals surface area contributed by atoms with Crippen LogP contribution in [0.15, 0.2) is 18.2 Å². The smallest absolute Gasteiger partial charge is 0.868 e. The molecule has 6 nitrogen and oxygen atoms in total. The van der Waals surface area contributed by atoms with E-state index in [-0.39, 0.29) is 56.9 Å². The molecule has 0 heterocycles. The van der Waals surface area contributed by atoms with Crippen molar-refractivity contribution in [1.29, 1.82) is 0 Å². The van der Waals surface area contributed by atoms with Gasteiger partial charge < -0.3 is 10.2 Å². The monoisotopic (exact) mass is 221 g/mol. The molecule has 0 saturated carbocycles. The number of benzene rings is 1. The van der Waals surface area contributed by atoms with Crippen LogP contribution in [0.1, 0.15) is 10.4 Å². The summed E-state index contributed by atoms with van der Waals surface area (Å²) in [6.45, 7) is 0. The van der Waals surface area contributed by atoms with Gasteiger partial charge in [-0.3, -0.25) is 10.1 Å². The Balaban J connectivity index is 0.00000169. The van der Waals surface area contributed by atoms with E-state index in [2.05, 4.69) is 0 Å². The third kappa shape index (κ3) is 3.03. The summed E-state index contributed by atoms with van der Waals surface area (Å²) in [6.07, 6.45) is 0. The third-order valence-electron chi connectivity index (χ3n) is 1.40. The first-order chi connectivity index (χ1) is 6.02. The third-order valence-corrected chi connectivity index (χ3v) is 1.40. The Morgan fingerprint density at radius 2 is 2.00 bits per heavy atom. The van der Waals surface area contributed by atoms with Gasteiger partial charge in [0, 0.05) is 6.07 Å². The predicted octanol–water partition coefficient (Wildman–Crippen LogP) is -2.63. The fourth-order valence-electron chi connectivity index (χ4n) is 0.793. The number of hydrogen-bond acceptors (Lipinski definition) is 4. The Kier molecular flexibility index (Phi) is 5.23. The molecule has 0 amide bonds. The van der Waals surface area contributed by atoms with E-state index in [1.54, 1.807) is 0 Å². The Morgan fingerprint density at radius 3 is 2.43 bits per heavy atom. The Morgan fingerprint density at radius 1 is 1.43 bits per heavy atom. The second kappa shape index (κ2) is 5.42. The maximum Gasteiger partial charge on any atom is 1.00 e. The number of nitrogens with zero attached hydrogens (tertiary/aromatic N) is 1. The van der Waals surface area contributed by atoms with Gasteiger partial charge in [-0.15, -0.1) is 0 Å². The van der Waals surface area contributed by atoms with Crippen LogP contribution < -0.4 is 56.5 Å². The van der Waals surface area contributed by atoms with Gasteiger partial charge in [-0.05, 0) is 11.8 Å². The number of carboxylic acids is 1. The van der Waals surface area contributed by atoms with Gasteiger partial charge in [0.25, 0.3) is 5.69 Å². The number of carboxylic acid groups (broad SMARTS) is 1. The fraction of sp³-hybridized carbons (Fsp3) is 0. The van der Waals surface area contributed by atoms with E-state index in [4.69, 9.17) is 5.11 Å². The molecule has 1 N–H and O–H groups in total. The van der Waals surface area contributed by atoms with Crippen molar-refractivity contribution in [3.05, 3.63) is 33.9 Å². The Hall–Kier alpha value is -0.474. The molecule has 0 saturated heterocycles. The standard InChI is InChI=1S/C7H5NO5.K/c9-6-2-1-4(7(10)11)3-5(6)8(12)13;/h1-3,9H,(H,10,11);/q;+1/p-1. The minimum atomic E-state index is -1.30. The molecule has 0 atom stereocenters. The Bertz CT molecular complexity index is 378. The van der Waals surface area contributed by atoms with Crippen LogP contribution in [0.25, 0.3) is 0 Å². The maximum atomic E-state index is 10.8. The predicted molar refractivity (Wildman–Crippen MR) is 39.5 cm³/mol. The maximum absolute atomic E-state index is 10.8. The quantitative estimate of drug-likeness (QED) is 0.334. The molecule has 0 unspecified atom stereocenters. The van der Waals surface area contributed by atoms with Crippen LogP contribution in [0.4, 0.5) is 5.69 Å². The first kappa shape index (κ1) is 13.5. The summed E-state index contributed by atoms with van der Waals surface area (Å²) in [5.74, 6) is -2.10. The summed E-state index contributed by atoms with van der Waals surface area (Å²) >= 11 is 0. The SMILES string of the molecule is O=C(O)c1ccc([O-])c([N+](=O)[O-])c1.[K+]. The zero-order chi connectivity index (χ0) is 10.0. The van der Waals surface area contributed by atoms with E-state index in [9.17, 15) is 20.0 Å². The summed E-state index contributed by atoms with van der Waals surface area (Å²) in [5.41, 5.74) is -0.994. The van der Waals surface area contributed by atoms with Gasteiger partial charge in [0.2, 0.25) is 0 Å². The second-order valence-electron chi connectivity index (χ2n) is 2.24. The fourth-order valence-corrected chi connectivity index (χ4v) is 0.793. The van der Waals surface area contributed by atoms with Crippen molar-refractivity contribution in [3.63, 3.8) is 0 Å². The zero-order valence-electron chi connectivity index (χ0n) is 7.26. The normalized spacial score (nSPS) is 8.86. The molecule has 1 rings (SSSR count). The first-order valence-corrected chi connectivity index (χ1v) is 3.21. The van der Waals surface area contributed by atoms with Crippen LogP contribution in [0.2, 0.25) is 0 Å². The molecule has 1 aromatic carbocycles. The molecular formula is C7H4KNO5. The Labute approximate surface area is 121 Å². The summed E-state index contributed by atoms with van der Waals surface area (Å²) in [7, 11) is 0. The zero-order valence-corrected chi connectivity index (χ0v) is 10.4. The number of rotatable bonds is 2. The number of nitro benzene ring substituents is 1. The minimum absolute atomic E-state index is 0. The van der Waals surface area contributed by atoms with Crippen molar-refractivity contribution in [3.8, 4) is 5.75 Å². The number of hydrogen-bond donors (Lipinski definition) is 1. The largest absolute Gasteiger partial charge is 1.00 e. The molecule has 68 valence electrons. The van der Waals surface area contributed by atoms with Crippen molar-refractivity contribution >= 4 is 11.7 Å². The van der Waals surface area contributed by atoms with E-state index < -0.39 is 22.3 Å². The van der Waals surface area contributed by atoms with Gasteiger partial charge in [-0.1, -0.05) is 6.07 Å². The van der Waals surface area contributed by atoms with Crippen LogP contribution in [0, 0.1) is 10.1 Å². The van der Waals surface area contributed by atoms with E-state index >= 15 is 0 Å². The average molecular weight is 221 g/mol. The van der Waals surface area contributed by atoms with E-state index in [1.165, 1.54) is 0 Å². The van der Waals surface area contributed by atoms with Crippen LogP contribution >= 0.6 is 0 Å². The molecule has 0 radical (unpaired) electrons. The van der Waals surface area contributed by atoms with Crippen molar-refractivity contribution in [2.24, 2.45) is 0 Å². The molecule has 0 aromatic heterocycles. The van der Waals surface area contributed by atoms with Gasteiger partial charge in [-0.2, -0.15) is 0 Å². The topological polar surface area (TPSA) is 104 Å². The van der Waals surface area contributed by atoms with Gasteiger partial charge >= 0.3 is 57.4 Å². The molecule has 7 heteroatoms.